The molecule has 0 aliphatic rings. The van der Waals surface area contributed by atoms with Crippen molar-refractivity contribution in [2.45, 2.75) is 84.0 Å². The molecule has 0 aliphatic heterocycles. The molecule has 0 amide bonds. The van der Waals surface area contributed by atoms with Crippen LogP contribution in [0.2, 0.25) is 0 Å². The zero-order chi connectivity index (χ0) is 18.8. The second-order valence-corrected chi connectivity index (χ2v) is 8.90. The minimum atomic E-state index is -3.45. The molecule has 0 aliphatic carbocycles. The van der Waals surface area contributed by atoms with Gasteiger partial charge < -0.3 is 19.0 Å². The van der Waals surface area contributed by atoms with Crippen LogP contribution in [0.4, 0.5) is 0 Å². The molecule has 0 aromatic heterocycles. The van der Waals surface area contributed by atoms with E-state index >= 15 is 0 Å². The molecule has 0 spiro atoms. The van der Waals surface area contributed by atoms with Crippen molar-refractivity contribution >= 4 is 24.5 Å². The lowest BCUT2D eigenvalue weighted by molar-refractivity contribution is -0.137. The van der Waals surface area contributed by atoms with Crippen LogP contribution in [0.5, 0.6) is 0 Å². The van der Waals surface area contributed by atoms with Crippen LogP contribution in [0.25, 0.3) is 0 Å². The van der Waals surface area contributed by atoms with Crippen molar-refractivity contribution in [3.05, 3.63) is 12.2 Å². The third-order valence-electron chi connectivity index (χ3n) is 3.85. The van der Waals surface area contributed by atoms with Crippen molar-refractivity contribution in [1.29, 1.82) is 0 Å². The largest absolute Gasteiger partial charge is 0.463 e. The molecule has 0 saturated carbocycles. The first-order valence-corrected chi connectivity index (χ1v) is 12.1. The molecular formula is C18H35O5PS. The fourth-order valence-corrected chi connectivity index (χ4v) is 3.10. The summed E-state index contributed by atoms with van der Waals surface area (Å²) < 4.78 is 9.81. The third-order valence-corrected chi connectivity index (χ3v) is 4.68. The van der Waals surface area contributed by atoms with Gasteiger partial charge in [0.15, 0.2) is 0 Å². The molecule has 25 heavy (non-hydrogen) atoms. The third kappa shape index (κ3) is 21.7. The first-order valence-electron chi connectivity index (χ1n) is 9.45. The van der Waals surface area contributed by atoms with E-state index in [0.29, 0.717) is 13.2 Å². The summed E-state index contributed by atoms with van der Waals surface area (Å²) in [5.74, 6) is -0.244. The molecule has 0 saturated heterocycles. The SMILES string of the molecule is CC=CC(=O)OCCCCCCCCCCCCCCOP(O)(O)=S. The maximum atomic E-state index is 11.1. The standard InChI is InChI=1S/C18H35O5PS/c1-2-15-18(19)22-16-13-11-9-7-5-3-4-6-8-10-12-14-17-23-24(20,21)25/h2,15H,3-14,16-17H2,1H3,(H2,20,21,25). The van der Waals surface area contributed by atoms with Gasteiger partial charge in [0.25, 0.3) is 0 Å². The molecule has 0 fully saturated rings. The molecule has 5 nitrogen and oxygen atoms in total. The van der Waals surface area contributed by atoms with E-state index in [4.69, 9.17) is 19.0 Å². The second-order valence-electron chi connectivity index (χ2n) is 6.23. The molecule has 148 valence electrons. The predicted molar refractivity (Wildman–Crippen MR) is 106 cm³/mol. The van der Waals surface area contributed by atoms with Crippen molar-refractivity contribution in [2.75, 3.05) is 13.2 Å². The smallest absolute Gasteiger partial charge is 0.330 e. The van der Waals surface area contributed by atoms with E-state index in [0.717, 1.165) is 32.1 Å². The Balaban J connectivity index is 3.12. The zero-order valence-corrected chi connectivity index (χ0v) is 17.2. The van der Waals surface area contributed by atoms with Crippen LogP contribution in [0.1, 0.15) is 84.0 Å². The van der Waals surface area contributed by atoms with E-state index in [9.17, 15) is 4.79 Å². The van der Waals surface area contributed by atoms with E-state index in [2.05, 4.69) is 11.8 Å². The maximum absolute atomic E-state index is 11.1. The summed E-state index contributed by atoms with van der Waals surface area (Å²) in [6.45, 7) is -0.772. The Morgan fingerprint density at radius 3 is 1.64 bits per heavy atom. The Labute approximate surface area is 158 Å². The van der Waals surface area contributed by atoms with E-state index in [1.165, 1.54) is 51.0 Å². The Morgan fingerprint density at radius 1 is 0.840 bits per heavy atom. The molecule has 0 rings (SSSR count). The van der Waals surface area contributed by atoms with Gasteiger partial charge in [-0.3, -0.25) is 0 Å². The summed E-state index contributed by atoms with van der Waals surface area (Å²) in [7, 11) is 0. The minimum absolute atomic E-state index is 0.244. The maximum Gasteiger partial charge on any atom is 0.330 e. The number of rotatable bonds is 17. The number of esters is 1. The van der Waals surface area contributed by atoms with Crippen LogP contribution in [0.15, 0.2) is 12.2 Å². The Hall–Kier alpha value is -0.260. The highest BCUT2D eigenvalue weighted by Crippen LogP contribution is 2.36. The average molecular weight is 395 g/mol. The summed E-state index contributed by atoms with van der Waals surface area (Å²) in [6, 6.07) is 0. The minimum Gasteiger partial charge on any atom is -0.463 e. The van der Waals surface area contributed by atoms with Crippen LogP contribution in [0.3, 0.4) is 0 Å². The predicted octanol–water partition coefficient (Wildman–Crippen LogP) is 5.01. The second kappa shape index (κ2) is 17.2. The lowest BCUT2D eigenvalue weighted by atomic mass is 10.1. The Bertz CT molecular complexity index is 395. The average Bonchev–Trinajstić information content (AvgIpc) is 2.53. The summed E-state index contributed by atoms with van der Waals surface area (Å²) in [5, 5.41) is 0. The topological polar surface area (TPSA) is 76.0 Å². The van der Waals surface area contributed by atoms with Crippen LogP contribution in [0, 0.1) is 0 Å². The molecule has 0 radical (unpaired) electrons. The molecule has 0 heterocycles. The van der Waals surface area contributed by atoms with Crippen LogP contribution >= 0.6 is 6.72 Å². The molecule has 0 atom stereocenters. The molecular weight excluding hydrogens is 359 g/mol. The zero-order valence-electron chi connectivity index (χ0n) is 15.5. The fraction of sp³-hybridized carbons (Fsp3) is 0.833. The summed E-state index contributed by atoms with van der Waals surface area (Å²) in [6.07, 6.45) is 17.1. The number of ether oxygens (including phenoxy) is 1. The van der Waals surface area contributed by atoms with Gasteiger partial charge in [0.1, 0.15) is 0 Å². The van der Waals surface area contributed by atoms with Crippen molar-refractivity contribution in [3.63, 3.8) is 0 Å². The van der Waals surface area contributed by atoms with Crippen LogP contribution in [-0.2, 0) is 25.9 Å². The van der Waals surface area contributed by atoms with Crippen LogP contribution in [-0.4, -0.2) is 29.0 Å². The normalized spacial score (nSPS) is 12.0. The van der Waals surface area contributed by atoms with Crippen molar-refractivity contribution in [1.82, 2.24) is 0 Å². The fourth-order valence-electron chi connectivity index (χ4n) is 2.51. The van der Waals surface area contributed by atoms with Crippen molar-refractivity contribution < 1.29 is 23.8 Å². The number of allylic oxidation sites excluding steroid dienone is 1. The van der Waals surface area contributed by atoms with Gasteiger partial charge >= 0.3 is 12.7 Å². The van der Waals surface area contributed by atoms with Gasteiger partial charge in [-0.25, -0.2) is 4.79 Å². The van der Waals surface area contributed by atoms with Crippen molar-refractivity contribution in [2.24, 2.45) is 0 Å². The van der Waals surface area contributed by atoms with E-state index in [1.807, 2.05) is 0 Å². The summed E-state index contributed by atoms with van der Waals surface area (Å²) >= 11 is 4.38. The van der Waals surface area contributed by atoms with Gasteiger partial charge in [0, 0.05) is 6.08 Å². The first-order chi connectivity index (χ1) is 12.0. The van der Waals surface area contributed by atoms with Gasteiger partial charge in [-0.2, -0.15) is 0 Å². The lowest BCUT2D eigenvalue weighted by Gasteiger charge is -2.07. The number of carbonyl (C=O) groups is 1. The van der Waals surface area contributed by atoms with Gasteiger partial charge in [-0.05, 0) is 31.6 Å². The quantitative estimate of drug-likeness (QED) is 0.156. The molecule has 2 N–H and O–H groups in total. The Kier molecular flexibility index (Phi) is 17.0. The molecule has 0 aromatic carbocycles. The monoisotopic (exact) mass is 394 g/mol. The first kappa shape index (κ1) is 24.7. The Morgan fingerprint density at radius 2 is 1.24 bits per heavy atom. The molecule has 0 aromatic rings. The van der Waals surface area contributed by atoms with E-state index in [1.54, 1.807) is 13.0 Å². The molecule has 0 bridgehead atoms. The van der Waals surface area contributed by atoms with Gasteiger partial charge in [0.05, 0.1) is 13.2 Å². The van der Waals surface area contributed by atoms with Gasteiger partial charge in [-0.15, -0.1) is 0 Å². The summed E-state index contributed by atoms with van der Waals surface area (Å²) in [5.41, 5.74) is 0. The highest BCUT2D eigenvalue weighted by Gasteiger charge is 2.06. The highest BCUT2D eigenvalue weighted by atomic mass is 32.5. The number of hydrogen-bond acceptors (Lipinski definition) is 4. The van der Waals surface area contributed by atoms with Crippen molar-refractivity contribution in [3.8, 4) is 0 Å². The molecule has 0 unspecified atom stereocenters. The van der Waals surface area contributed by atoms with Crippen LogP contribution < -0.4 is 0 Å². The number of hydrogen-bond donors (Lipinski definition) is 2. The number of carbonyl (C=O) groups excluding carboxylic acids is 1. The van der Waals surface area contributed by atoms with E-state index < -0.39 is 6.72 Å². The number of unbranched alkanes of at least 4 members (excludes halogenated alkanes) is 11. The summed E-state index contributed by atoms with van der Waals surface area (Å²) in [4.78, 5) is 28.9. The van der Waals surface area contributed by atoms with E-state index in [-0.39, 0.29) is 5.97 Å². The molecule has 7 heteroatoms. The lowest BCUT2D eigenvalue weighted by Crippen LogP contribution is -2.01. The highest BCUT2D eigenvalue weighted by molar-refractivity contribution is 8.06. The van der Waals surface area contributed by atoms with Gasteiger partial charge in [0.2, 0.25) is 0 Å². The van der Waals surface area contributed by atoms with Gasteiger partial charge in [-0.1, -0.05) is 70.3 Å².